The van der Waals surface area contributed by atoms with E-state index in [2.05, 4.69) is 119 Å². The molecule has 10 rings (SSSR count). The highest BCUT2D eigenvalue weighted by Crippen LogP contribution is 2.43. The zero-order valence-electron chi connectivity index (χ0n) is 69.5. The fourth-order valence-corrected chi connectivity index (χ4v) is 18.1. The molecule has 0 radical (unpaired) electrons. The van der Waals surface area contributed by atoms with Gasteiger partial charge in [-0.25, -0.2) is 0 Å². The molecule has 117 heavy (non-hydrogen) atoms. The van der Waals surface area contributed by atoms with Crippen LogP contribution < -0.4 is 22.5 Å². The van der Waals surface area contributed by atoms with Crippen molar-refractivity contribution in [1.29, 1.82) is 0 Å². The highest BCUT2D eigenvalue weighted by molar-refractivity contribution is 7.17. The topological polar surface area (TPSA) is 307 Å². The Hall–Kier alpha value is -9.14. The maximum atomic E-state index is 12.9. The molecule has 620 valence electrons. The number of nitrogens with zero attached hydrogens (tertiary/aromatic N) is 3. The van der Waals surface area contributed by atoms with Gasteiger partial charge < -0.3 is 37.8 Å². The molecule has 1 amide bonds. The second-order valence-electron chi connectivity index (χ2n) is 32.1. The molecule has 0 aliphatic carbocycles. The van der Waals surface area contributed by atoms with Gasteiger partial charge in [-0.2, -0.15) is 0 Å². The van der Waals surface area contributed by atoms with Crippen molar-refractivity contribution >= 4 is 126 Å². The molecule has 23 heteroatoms. The Labute approximate surface area is 713 Å². The summed E-state index contributed by atoms with van der Waals surface area (Å²) in [5.74, 6) is 0.0591. The molecule has 0 aliphatic rings. The summed E-state index contributed by atoms with van der Waals surface area (Å²) < 4.78 is 0. The lowest BCUT2D eigenvalue weighted by molar-refractivity contribution is 0.0948. The summed E-state index contributed by atoms with van der Waals surface area (Å²) in [6.45, 7) is 27.3. The van der Waals surface area contributed by atoms with Crippen LogP contribution in [0, 0.1) is 0 Å². The number of carbonyl (C=O) groups is 7. The third kappa shape index (κ3) is 27.5. The monoisotopic (exact) mass is 1690 g/mol. The number of carbonyl (C=O) groups excluding carboxylic acids is 7. The van der Waals surface area contributed by atoms with Gasteiger partial charge in [0.2, 0.25) is 0 Å². The minimum atomic E-state index is -0.175. The maximum absolute atomic E-state index is 12.9. The Morgan fingerprint density at radius 3 is 0.966 bits per heavy atom. The molecule has 17 nitrogen and oxygen atoms in total. The lowest BCUT2D eigenvalue weighted by atomic mass is 9.86. The van der Waals surface area contributed by atoms with Crippen LogP contribution in [-0.2, 0) is 22.7 Å². The van der Waals surface area contributed by atoms with E-state index in [4.69, 9.17) is 17.2 Å². The number of aliphatic imine (C=N–C) groups is 3. The minimum absolute atomic E-state index is 0.00967. The van der Waals surface area contributed by atoms with E-state index in [1.165, 1.54) is 84.7 Å². The quantitative estimate of drug-likeness (QED) is 0.0108. The van der Waals surface area contributed by atoms with Gasteiger partial charge in [0.25, 0.3) is 5.91 Å². The molecule has 4 aromatic carbocycles. The first-order valence-corrected chi connectivity index (χ1v) is 45.0. The van der Waals surface area contributed by atoms with E-state index in [1.807, 2.05) is 64.7 Å². The van der Waals surface area contributed by atoms with E-state index in [-0.39, 0.29) is 93.7 Å². The van der Waals surface area contributed by atoms with Crippen molar-refractivity contribution in [3.05, 3.63) is 223 Å². The number of unbranched alkanes of at least 4 members (excludes halogenated alkanes) is 7. The van der Waals surface area contributed by atoms with Crippen LogP contribution in [0.2, 0.25) is 0 Å². The van der Waals surface area contributed by atoms with E-state index >= 15 is 0 Å². The van der Waals surface area contributed by atoms with Crippen LogP contribution in [0.1, 0.15) is 274 Å². The van der Waals surface area contributed by atoms with Crippen LogP contribution in [0.5, 0.6) is 17.2 Å². The second-order valence-corrected chi connectivity index (χ2v) is 37.9. The molecule has 6 aromatic heterocycles. The van der Waals surface area contributed by atoms with Gasteiger partial charge in [0.05, 0.1) is 43.9 Å². The number of hydrogen-bond donors (Lipinski definition) is 7. The Bertz CT molecular complexity index is 5080. The summed E-state index contributed by atoms with van der Waals surface area (Å²) in [5, 5.41) is 41.2. The predicted octanol–water partition coefficient (Wildman–Crippen LogP) is 22.0. The van der Waals surface area contributed by atoms with Crippen LogP contribution in [0.15, 0.2) is 165 Å². The Kier molecular flexibility index (Phi) is 35.6. The van der Waals surface area contributed by atoms with Crippen molar-refractivity contribution in [1.82, 2.24) is 5.32 Å². The number of ketones is 6. The van der Waals surface area contributed by atoms with Crippen LogP contribution in [0.3, 0.4) is 0 Å². The fraction of sp³-hybridized carbons (Fsp3) is 0.383. The highest BCUT2D eigenvalue weighted by Gasteiger charge is 2.24. The first-order valence-electron chi connectivity index (χ1n) is 40.0. The van der Waals surface area contributed by atoms with Crippen molar-refractivity contribution < 1.29 is 48.9 Å². The lowest BCUT2D eigenvalue weighted by Gasteiger charge is -2.19. The van der Waals surface area contributed by atoms with Gasteiger partial charge in [-0.1, -0.05) is 179 Å². The molecule has 0 unspecified atom stereocenters. The van der Waals surface area contributed by atoms with Crippen LogP contribution in [-0.4, -0.2) is 119 Å². The van der Waals surface area contributed by atoms with Crippen molar-refractivity contribution in [3.8, 4) is 48.6 Å². The third-order valence-electron chi connectivity index (χ3n) is 19.8. The number of amides is 1. The molecule has 0 aliphatic heterocycles. The number of nitrogens with two attached hydrogens (primary N) is 3. The standard InChI is InChI=1S/C38H45N3O4S2.C30H38N2O3S2.C26H30N2O3S2/c1-25(30-24-46-36(35(30)44)27-14-16-29(17-15-27)38(2,3)4)41-23-32(43)34-20-19-33(47-34)31(42)18-11-26-9-12-28(13-10-26)37(45)40-22-8-6-5-7-21-39;1-20(23-19-36-29(28(23)35)21-11-13-22(14-12-21)30(2,3)4)32-18-25(34)27-16-15-26(37-27)24(33)10-8-6-5-7-9-17-31;1-16(28-14-21(30)23-12-11-22(33-23)20(29)6-5-13-27)19-15-32-25(24(19)31)17-7-9-18(10-8-17)26(2,3)4/h9-10,12-17,19-20,24,44H,5-8,11,18,21-23,39H2,1-4H3,(H,40,45);11-16,19,35H,5-10,17-18,31H2,1-4H3;7-12,15,31H,5-6,13-14,27H2,1-4H3. The SMILES string of the molecule is CC(=NCC(=O)c1ccc(C(=O)CCCCCCCN)s1)c1csc(-c2ccc(C(C)(C)C)cc2)c1O.CC(=NCC(=O)c1ccc(C(=O)CCCN)s1)c1csc(-c2ccc(C(C)(C)C)cc2)c1O.CC(=NCC(=O)c1ccc(C(=O)CCc2ccc(C(=O)NCCCCCCN)cc2)s1)c1csc(-c2ccc(C(C)(C)C)cc2)c1O. The summed E-state index contributed by atoms with van der Waals surface area (Å²) in [7, 11) is 0. The normalized spacial score (nSPS) is 12.1. The number of aryl methyl sites for hydroxylation is 1. The van der Waals surface area contributed by atoms with Crippen molar-refractivity contribution in [2.75, 3.05) is 45.8 Å². The average molecular weight is 1690 g/mol. The van der Waals surface area contributed by atoms with Gasteiger partial charge in [-0.05, 0) is 183 Å². The number of benzene rings is 4. The number of rotatable bonds is 38. The smallest absolute Gasteiger partial charge is 0.251 e. The summed E-state index contributed by atoms with van der Waals surface area (Å²) in [6, 6.07) is 42.2. The Morgan fingerprint density at radius 1 is 0.350 bits per heavy atom. The highest BCUT2D eigenvalue weighted by atomic mass is 32.1. The minimum Gasteiger partial charge on any atom is -0.506 e. The van der Waals surface area contributed by atoms with Crippen molar-refractivity contribution in [2.24, 2.45) is 32.2 Å². The first kappa shape index (κ1) is 93.4. The number of nitrogens with one attached hydrogen (secondary N) is 1. The number of aromatic hydroxyl groups is 3. The van der Waals surface area contributed by atoms with E-state index in [9.17, 15) is 48.9 Å². The Morgan fingerprint density at radius 2 is 0.641 bits per heavy atom. The molecule has 10 aromatic rings. The molecule has 6 heterocycles. The zero-order chi connectivity index (χ0) is 85.2. The number of Topliss-reactive ketones (excluding diaryl/α,β-unsaturated/α-hetero) is 6. The molecular weight excluding hydrogens is 1580 g/mol. The van der Waals surface area contributed by atoms with Gasteiger partial charge in [0.15, 0.2) is 34.7 Å². The van der Waals surface area contributed by atoms with Gasteiger partial charge in [0, 0.05) is 81.3 Å². The summed E-state index contributed by atoms with van der Waals surface area (Å²) in [4.78, 5) is 107. The van der Waals surface area contributed by atoms with Crippen molar-refractivity contribution in [3.63, 3.8) is 0 Å². The second kappa shape index (κ2) is 44.6. The van der Waals surface area contributed by atoms with E-state index < -0.39 is 0 Å². The molecule has 0 atom stereocenters. The van der Waals surface area contributed by atoms with Crippen molar-refractivity contribution in [2.45, 2.75) is 189 Å². The largest absolute Gasteiger partial charge is 0.506 e. The summed E-state index contributed by atoms with van der Waals surface area (Å²) in [5.41, 5.74) is 28.4. The number of thiophene rings is 6. The zero-order valence-corrected chi connectivity index (χ0v) is 74.4. The fourth-order valence-electron chi connectivity index (χ4n) is 12.4. The number of hydrogen-bond acceptors (Lipinski definition) is 22. The molecule has 0 saturated carbocycles. The van der Waals surface area contributed by atoms with Crippen LogP contribution in [0.25, 0.3) is 31.3 Å². The first-order chi connectivity index (χ1) is 55.7. The van der Waals surface area contributed by atoms with E-state index in [1.54, 1.807) is 69.3 Å². The van der Waals surface area contributed by atoms with Crippen LogP contribution in [0.4, 0.5) is 0 Å². The van der Waals surface area contributed by atoms with Gasteiger partial charge in [0.1, 0.15) is 36.9 Å². The molecular formula is C94H113N7O10S6. The lowest BCUT2D eigenvalue weighted by Crippen LogP contribution is -2.24. The molecule has 0 bridgehead atoms. The van der Waals surface area contributed by atoms with Gasteiger partial charge in [-0.3, -0.25) is 48.5 Å². The average Bonchev–Trinajstić information content (AvgIpc) is 1.59. The Balaban J connectivity index is 0.000000223. The summed E-state index contributed by atoms with van der Waals surface area (Å²) in [6.07, 6.45) is 11.6. The summed E-state index contributed by atoms with van der Waals surface area (Å²) >= 11 is 7.99. The molecule has 10 N–H and O–H groups in total. The third-order valence-corrected chi connectivity index (χ3v) is 26.4. The van der Waals surface area contributed by atoms with E-state index in [0.29, 0.717) is 120 Å². The maximum Gasteiger partial charge on any atom is 0.251 e. The van der Waals surface area contributed by atoms with Crippen LogP contribution >= 0.6 is 68.0 Å². The van der Waals surface area contributed by atoms with Gasteiger partial charge >= 0.3 is 0 Å². The molecule has 0 spiro atoms. The molecule has 0 fully saturated rings. The van der Waals surface area contributed by atoms with E-state index in [0.717, 1.165) is 101 Å². The predicted molar refractivity (Wildman–Crippen MR) is 490 cm³/mol. The van der Waals surface area contributed by atoms with Gasteiger partial charge in [-0.15, -0.1) is 68.0 Å². The molecule has 0 saturated heterocycles.